The first-order valence-corrected chi connectivity index (χ1v) is 5.57. The number of aromatic hydroxyl groups is 1. The van der Waals surface area contributed by atoms with Gasteiger partial charge in [0, 0.05) is 11.7 Å². The molecule has 98 valence electrons. The summed E-state index contributed by atoms with van der Waals surface area (Å²) in [6.07, 6.45) is 0.795. The average molecular weight is 252 g/mol. The maximum atomic E-state index is 11.5. The lowest BCUT2D eigenvalue weighted by atomic mass is 10.2. The maximum absolute atomic E-state index is 11.5. The number of aromatic carboxylic acids is 1. The minimum absolute atomic E-state index is 0.0288. The van der Waals surface area contributed by atoms with Gasteiger partial charge in [-0.05, 0) is 31.5 Å². The van der Waals surface area contributed by atoms with E-state index in [-0.39, 0.29) is 17.4 Å². The molecular weight excluding hydrogens is 236 g/mol. The summed E-state index contributed by atoms with van der Waals surface area (Å²) in [5, 5.41) is 23.3. The lowest BCUT2D eigenvalue weighted by Gasteiger charge is -2.13. The summed E-state index contributed by atoms with van der Waals surface area (Å²) in [6.45, 7) is 3.80. The van der Waals surface area contributed by atoms with Crippen molar-refractivity contribution in [2.45, 2.75) is 26.3 Å². The number of hydrogen-bond donors (Lipinski definition) is 4. The second-order valence-corrected chi connectivity index (χ2v) is 3.94. The maximum Gasteiger partial charge on any atom is 0.339 e. The zero-order chi connectivity index (χ0) is 13.7. The summed E-state index contributed by atoms with van der Waals surface area (Å²) in [4.78, 5) is 22.3. The van der Waals surface area contributed by atoms with Crippen LogP contribution < -0.4 is 10.6 Å². The molecule has 0 aromatic heterocycles. The van der Waals surface area contributed by atoms with Gasteiger partial charge in [0.15, 0.2) is 0 Å². The quantitative estimate of drug-likeness (QED) is 0.616. The largest absolute Gasteiger partial charge is 0.507 e. The minimum Gasteiger partial charge on any atom is -0.507 e. The summed E-state index contributed by atoms with van der Waals surface area (Å²) in [5.74, 6) is -1.59. The van der Waals surface area contributed by atoms with Crippen molar-refractivity contribution in [3.63, 3.8) is 0 Å². The van der Waals surface area contributed by atoms with Crippen LogP contribution in [0.4, 0.5) is 10.5 Å². The molecule has 0 aliphatic heterocycles. The molecule has 0 saturated carbocycles. The van der Waals surface area contributed by atoms with Crippen molar-refractivity contribution < 1.29 is 19.8 Å². The number of nitrogens with one attached hydrogen (secondary N) is 2. The molecule has 0 bridgehead atoms. The third-order valence-corrected chi connectivity index (χ3v) is 2.47. The SMILES string of the molecule is CCC(C)NC(=O)Nc1ccc(O)c(C(=O)O)c1. The zero-order valence-corrected chi connectivity index (χ0v) is 10.2. The predicted molar refractivity (Wildman–Crippen MR) is 67.0 cm³/mol. The van der Waals surface area contributed by atoms with Crippen molar-refractivity contribution in [3.05, 3.63) is 23.8 Å². The van der Waals surface area contributed by atoms with Crippen molar-refractivity contribution in [2.24, 2.45) is 0 Å². The second-order valence-electron chi connectivity index (χ2n) is 3.94. The van der Waals surface area contributed by atoms with E-state index in [0.717, 1.165) is 6.42 Å². The van der Waals surface area contributed by atoms with E-state index in [4.69, 9.17) is 5.11 Å². The molecule has 6 heteroatoms. The van der Waals surface area contributed by atoms with Gasteiger partial charge >= 0.3 is 12.0 Å². The highest BCUT2D eigenvalue weighted by molar-refractivity contribution is 5.95. The van der Waals surface area contributed by atoms with E-state index in [1.54, 1.807) is 0 Å². The fourth-order valence-electron chi connectivity index (χ4n) is 1.28. The van der Waals surface area contributed by atoms with Gasteiger partial charge in [0.2, 0.25) is 0 Å². The number of amides is 2. The molecule has 1 aromatic carbocycles. The van der Waals surface area contributed by atoms with Gasteiger partial charge in [-0.3, -0.25) is 0 Å². The molecule has 1 atom stereocenters. The minimum atomic E-state index is -1.25. The molecule has 6 nitrogen and oxygen atoms in total. The first kappa shape index (κ1) is 13.8. The molecule has 0 spiro atoms. The van der Waals surface area contributed by atoms with Crippen LogP contribution in [0.15, 0.2) is 18.2 Å². The van der Waals surface area contributed by atoms with Crippen molar-refractivity contribution in [1.29, 1.82) is 0 Å². The van der Waals surface area contributed by atoms with E-state index in [0.29, 0.717) is 5.69 Å². The van der Waals surface area contributed by atoms with Crippen molar-refractivity contribution >= 4 is 17.7 Å². The number of carbonyl (C=O) groups is 2. The van der Waals surface area contributed by atoms with Crippen LogP contribution >= 0.6 is 0 Å². The highest BCUT2D eigenvalue weighted by atomic mass is 16.4. The molecule has 1 aromatic rings. The van der Waals surface area contributed by atoms with Crippen molar-refractivity contribution in [3.8, 4) is 5.75 Å². The average Bonchev–Trinajstić information content (AvgIpc) is 2.31. The molecule has 0 heterocycles. The highest BCUT2D eigenvalue weighted by Gasteiger charge is 2.12. The smallest absolute Gasteiger partial charge is 0.339 e. The Morgan fingerprint density at radius 3 is 2.61 bits per heavy atom. The first-order valence-electron chi connectivity index (χ1n) is 5.57. The van der Waals surface area contributed by atoms with Crippen LogP contribution in [-0.2, 0) is 0 Å². The van der Waals surface area contributed by atoms with Crippen molar-refractivity contribution in [2.75, 3.05) is 5.32 Å². The number of anilines is 1. The molecule has 0 saturated heterocycles. The Morgan fingerprint density at radius 2 is 2.06 bits per heavy atom. The van der Waals surface area contributed by atoms with Gasteiger partial charge in [-0.15, -0.1) is 0 Å². The van der Waals surface area contributed by atoms with E-state index < -0.39 is 12.0 Å². The Labute approximate surface area is 105 Å². The molecule has 0 radical (unpaired) electrons. The molecule has 1 unspecified atom stereocenters. The number of benzene rings is 1. The van der Waals surface area contributed by atoms with Gasteiger partial charge < -0.3 is 20.8 Å². The summed E-state index contributed by atoms with van der Waals surface area (Å²) in [6, 6.07) is 3.47. The lowest BCUT2D eigenvalue weighted by Crippen LogP contribution is -2.35. The molecule has 4 N–H and O–H groups in total. The van der Waals surface area contributed by atoms with Crippen LogP contribution in [0.1, 0.15) is 30.6 Å². The van der Waals surface area contributed by atoms with E-state index >= 15 is 0 Å². The van der Waals surface area contributed by atoms with Crippen LogP contribution in [0.5, 0.6) is 5.75 Å². The van der Waals surface area contributed by atoms with E-state index in [1.165, 1.54) is 18.2 Å². The van der Waals surface area contributed by atoms with Gasteiger partial charge in [0.1, 0.15) is 11.3 Å². The molecule has 0 fully saturated rings. The van der Waals surface area contributed by atoms with Gasteiger partial charge in [-0.25, -0.2) is 9.59 Å². The summed E-state index contributed by atoms with van der Waals surface area (Å²) >= 11 is 0. The monoisotopic (exact) mass is 252 g/mol. The van der Waals surface area contributed by atoms with Gasteiger partial charge in [-0.2, -0.15) is 0 Å². The number of carboxylic acids is 1. The summed E-state index contributed by atoms with van der Waals surface area (Å²) in [5.41, 5.74) is 0.0577. The number of urea groups is 1. The number of rotatable bonds is 4. The molecule has 0 aliphatic rings. The third-order valence-electron chi connectivity index (χ3n) is 2.47. The Morgan fingerprint density at radius 1 is 1.39 bits per heavy atom. The van der Waals surface area contributed by atoms with Crippen LogP contribution in [0.2, 0.25) is 0 Å². The zero-order valence-electron chi connectivity index (χ0n) is 10.2. The Bertz CT molecular complexity index is 459. The summed E-state index contributed by atoms with van der Waals surface area (Å²) < 4.78 is 0. The number of phenols is 1. The Kier molecular flexibility index (Phi) is 4.53. The fourth-order valence-corrected chi connectivity index (χ4v) is 1.28. The third kappa shape index (κ3) is 3.65. The Hall–Kier alpha value is -2.24. The number of carboxylic acid groups (broad SMARTS) is 1. The van der Waals surface area contributed by atoms with Crippen LogP contribution in [0.3, 0.4) is 0 Å². The lowest BCUT2D eigenvalue weighted by molar-refractivity contribution is 0.0693. The number of carbonyl (C=O) groups excluding carboxylic acids is 1. The summed E-state index contributed by atoms with van der Waals surface area (Å²) in [7, 11) is 0. The van der Waals surface area contributed by atoms with Gasteiger partial charge in [-0.1, -0.05) is 6.92 Å². The van der Waals surface area contributed by atoms with E-state index in [9.17, 15) is 14.7 Å². The molecular formula is C12H16N2O4. The van der Waals surface area contributed by atoms with Crippen LogP contribution in [-0.4, -0.2) is 28.3 Å². The standard InChI is InChI=1S/C12H16N2O4/c1-3-7(2)13-12(18)14-8-4-5-10(15)9(6-8)11(16)17/h4-7,15H,3H2,1-2H3,(H,16,17)(H2,13,14,18). The highest BCUT2D eigenvalue weighted by Crippen LogP contribution is 2.21. The number of hydrogen-bond acceptors (Lipinski definition) is 3. The van der Waals surface area contributed by atoms with E-state index in [2.05, 4.69) is 10.6 Å². The van der Waals surface area contributed by atoms with Crippen LogP contribution in [0, 0.1) is 0 Å². The second kappa shape index (κ2) is 5.90. The van der Waals surface area contributed by atoms with Gasteiger partial charge in [0.25, 0.3) is 0 Å². The molecule has 2 amide bonds. The predicted octanol–water partition coefficient (Wildman–Crippen LogP) is 2.01. The fraction of sp³-hybridized carbons (Fsp3) is 0.333. The van der Waals surface area contributed by atoms with E-state index in [1.807, 2.05) is 13.8 Å². The van der Waals surface area contributed by atoms with Crippen molar-refractivity contribution in [1.82, 2.24) is 5.32 Å². The normalized spacial score (nSPS) is 11.7. The Balaban J connectivity index is 2.76. The molecule has 0 aliphatic carbocycles. The first-order chi connectivity index (χ1) is 8.43. The van der Waals surface area contributed by atoms with Gasteiger partial charge in [0.05, 0.1) is 0 Å². The topological polar surface area (TPSA) is 98.7 Å². The molecule has 1 rings (SSSR count). The molecule has 18 heavy (non-hydrogen) atoms. The van der Waals surface area contributed by atoms with Crippen LogP contribution in [0.25, 0.3) is 0 Å².